The summed E-state index contributed by atoms with van der Waals surface area (Å²) in [6.45, 7) is 4.82. The maximum atomic E-state index is 6.02. The van der Waals surface area contributed by atoms with Gasteiger partial charge >= 0.3 is 0 Å². The summed E-state index contributed by atoms with van der Waals surface area (Å²) in [5, 5.41) is 0. The van der Waals surface area contributed by atoms with Crippen molar-refractivity contribution in [3.63, 3.8) is 0 Å². The first-order valence-corrected chi connectivity index (χ1v) is 7.04. The van der Waals surface area contributed by atoms with E-state index in [1.165, 1.54) is 0 Å². The molecule has 1 aromatic rings. The van der Waals surface area contributed by atoms with Crippen molar-refractivity contribution in [2.45, 2.75) is 6.04 Å². The standard InChI is InChI=1S/C15H25N3O2/c1-17-6-8-18(9-7-17)14(11-16)13-5-4-12(19-2)10-15(13)20-3/h4-5,10,14H,6-9,11,16H2,1-3H3. The van der Waals surface area contributed by atoms with Crippen LogP contribution in [-0.2, 0) is 0 Å². The molecule has 5 heteroatoms. The van der Waals surface area contributed by atoms with E-state index in [1.807, 2.05) is 12.1 Å². The fraction of sp³-hybridized carbons (Fsp3) is 0.600. The third-order valence-corrected chi connectivity index (χ3v) is 4.00. The first-order chi connectivity index (χ1) is 9.69. The molecule has 0 saturated carbocycles. The summed E-state index contributed by atoms with van der Waals surface area (Å²) in [6.07, 6.45) is 0. The van der Waals surface area contributed by atoms with Crippen LogP contribution in [-0.4, -0.2) is 63.8 Å². The van der Waals surface area contributed by atoms with Crippen LogP contribution in [0, 0.1) is 0 Å². The molecule has 1 aliphatic heterocycles. The van der Waals surface area contributed by atoms with Gasteiger partial charge in [-0.05, 0) is 13.1 Å². The number of methoxy groups -OCH3 is 2. The van der Waals surface area contributed by atoms with Gasteiger partial charge in [-0.25, -0.2) is 0 Å². The van der Waals surface area contributed by atoms with E-state index in [-0.39, 0.29) is 6.04 Å². The minimum absolute atomic E-state index is 0.199. The van der Waals surface area contributed by atoms with Crippen molar-refractivity contribution in [1.29, 1.82) is 0 Å². The quantitative estimate of drug-likeness (QED) is 0.870. The van der Waals surface area contributed by atoms with Crippen molar-refractivity contribution in [2.24, 2.45) is 5.73 Å². The average Bonchev–Trinajstić information content (AvgIpc) is 2.50. The van der Waals surface area contributed by atoms with Gasteiger partial charge in [0, 0.05) is 44.4 Å². The number of hydrogen-bond donors (Lipinski definition) is 1. The topological polar surface area (TPSA) is 51.0 Å². The molecule has 20 heavy (non-hydrogen) atoms. The summed E-state index contributed by atoms with van der Waals surface area (Å²) in [4.78, 5) is 4.78. The van der Waals surface area contributed by atoms with E-state index in [9.17, 15) is 0 Å². The monoisotopic (exact) mass is 279 g/mol. The van der Waals surface area contributed by atoms with Gasteiger partial charge in [-0.2, -0.15) is 0 Å². The van der Waals surface area contributed by atoms with E-state index >= 15 is 0 Å². The van der Waals surface area contributed by atoms with Gasteiger partial charge < -0.3 is 20.1 Å². The normalized spacial score (nSPS) is 18.8. The number of piperazine rings is 1. The Kier molecular flexibility index (Phi) is 5.23. The van der Waals surface area contributed by atoms with Crippen molar-refractivity contribution >= 4 is 0 Å². The summed E-state index contributed by atoms with van der Waals surface area (Å²) >= 11 is 0. The molecule has 1 unspecified atom stereocenters. The Morgan fingerprint density at radius 3 is 2.40 bits per heavy atom. The summed E-state index contributed by atoms with van der Waals surface area (Å²) < 4.78 is 10.8. The first kappa shape index (κ1) is 15.1. The van der Waals surface area contributed by atoms with Gasteiger partial charge in [-0.15, -0.1) is 0 Å². The lowest BCUT2D eigenvalue weighted by atomic mass is 10.0. The van der Waals surface area contributed by atoms with Gasteiger partial charge in [0.05, 0.1) is 20.3 Å². The molecule has 1 aromatic carbocycles. The zero-order valence-corrected chi connectivity index (χ0v) is 12.6. The number of rotatable bonds is 5. The molecule has 0 amide bonds. The van der Waals surface area contributed by atoms with Gasteiger partial charge in [0.15, 0.2) is 0 Å². The van der Waals surface area contributed by atoms with Crippen LogP contribution < -0.4 is 15.2 Å². The highest BCUT2D eigenvalue weighted by atomic mass is 16.5. The first-order valence-electron chi connectivity index (χ1n) is 7.04. The number of likely N-dealkylation sites (N-methyl/N-ethyl adjacent to an activating group) is 1. The largest absolute Gasteiger partial charge is 0.497 e. The van der Waals surface area contributed by atoms with Gasteiger partial charge in [0.1, 0.15) is 11.5 Å². The Morgan fingerprint density at radius 2 is 1.85 bits per heavy atom. The molecule has 0 spiro atoms. The molecule has 0 bridgehead atoms. The number of benzene rings is 1. The second-order valence-corrected chi connectivity index (χ2v) is 5.20. The zero-order chi connectivity index (χ0) is 14.5. The maximum Gasteiger partial charge on any atom is 0.127 e. The zero-order valence-electron chi connectivity index (χ0n) is 12.6. The van der Waals surface area contributed by atoms with Crippen molar-refractivity contribution < 1.29 is 9.47 Å². The summed E-state index contributed by atoms with van der Waals surface area (Å²) in [5.74, 6) is 1.65. The number of hydrogen-bond acceptors (Lipinski definition) is 5. The maximum absolute atomic E-state index is 6.02. The van der Waals surface area contributed by atoms with Gasteiger partial charge in [-0.3, -0.25) is 4.90 Å². The predicted octanol–water partition coefficient (Wildman–Crippen LogP) is 0.951. The predicted molar refractivity (Wildman–Crippen MR) is 80.4 cm³/mol. The summed E-state index contributed by atoms with van der Waals surface area (Å²) in [5.41, 5.74) is 7.16. The third-order valence-electron chi connectivity index (χ3n) is 4.00. The van der Waals surface area contributed by atoms with Crippen LogP contribution in [0.15, 0.2) is 18.2 Å². The fourth-order valence-electron chi connectivity index (χ4n) is 2.70. The van der Waals surface area contributed by atoms with Gasteiger partial charge in [0.2, 0.25) is 0 Å². The van der Waals surface area contributed by atoms with Gasteiger partial charge in [0.25, 0.3) is 0 Å². The van der Waals surface area contributed by atoms with E-state index < -0.39 is 0 Å². The highest BCUT2D eigenvalue weighted by Gasteiger charge is 2.25. The van der Waals surface area contributed by atoms with E-state index in [1.54, 1.807) is 14.2 Å². The minimum atomic E-state index is 0.199. The molecular weight excluding hydrogens is 254 g/mol. The Morgan fingerprint density at radius 1 is 1.15 bits per heavy atom. The smallest absolute Gasteiger partial charge is 0.127 e. The van der Waals surface area contributed by atoms with Gasteiger partial charge in [-0.1, -0.05) is 6.07 Å². The summed E-state index contributed by atoms with van der Waals surface area (Å²) in [6, 6.07) is 6.16. The van der Waals surface area contributed by atoms with Crippen LogP contribution in [0.5, 0.6) is 11.5 Å². The highest BCUT2D eigenvalue weighted by Crippen LogP contribution is 2.32. The number of nitrogens with two attached hydrogens (primary N) is 1. The second-order valence-electron chi connectivity index (χ2n) is 5.20. The SMILES string of the molecule is COc1ccc(C(CN)N2CCN(C)CC2)c(OC)c1. The minimum Gasteiger partial charge on any atom is -0.497 e. The fourth-order valence-corrected chi connectivity index (χ4v) is 2.70. The van der Waals surface area contributed by atoms with Crippen LogP contribution in [0.1, 0.15) is 11.6 Å². The Bertz CT molecular complexity index is 431. The van der Waals surface area contributed by atoms with E-state index in [0.717, 1.165) is 43.2 Å². The van der Waals surface area contributed by atoms with Crippen molar-refractivity contribution in [3.05, 3.63) is 23.8 Å². The molecule has 0 aromatic heterocycles. The van der Waals surface area contributed by atoms with Crippen LogP contribution in [0.25, 0.3) is 0 Å². The average molecular weight is 279 g/mol. The Labute approximate surface area is 121 Å². The molecule has 2 N–H and O–H groups in total. The van der Waals surface area contributed by atoms with Crippen LogP contribution in [0.3, 0.4) is 0 Å². The molecule has 0 aliphatic carbocycles. The highest BCUT2D eigenvalue weighted by molar-refractivity contribution is 5.42. The van der Waals surface area contributed by atoms with E-state index in [0.29, 0.717) is 6.54 Å². The lowest BCUT2D eigenvalue weighted by molar-refractivity contribution is 0.113. The number of ether oxygens (including phenoxy) is 2. The van der Waals surface area contributed by atoms with E-state index in [4.69, 9.17) is 15.2 Å². The van der Waals surface area contributed by atoms with Crippen LogP contribution in [0.2, 0.25) is 0 Å². The molecular formula is C15H25N3O2. The van der Waals surface area contributed by atoms with Crippen molar-refractivity contribution in [3.8, 4) is 11.5 Å². The number of nitrogens with zero attached hydrogens (tertiary/aromatic N) is 2. The third kappa shape index (κ3) is 3.23. The molecule has 5 nitrogen and oxygen atoms in total. The Hall–Kier alpha value is -1.30. The molecule has 1 aliphatic rings. The second kappa shape index (κ2) is 6.92. The van der Waals surface area contributed by atoms with E-state index in [2.05, 4.69) is 22.9 Å². The molecule has 2 rings (SSSR count). The lowest BCUT2D eigenvalue weighted by Gasteiger charge is -2.38. The lowest BCUT2D eigenvalue weighted by Crippen LogP contribution is -2.47. The van der Waals surface area contributed by atoms with Crippen molar-refractivity contribution in [1.82, 2.24) is 9.80 Å². The molecule has 1 fully saturated rings. The van der Waals surface area contributed by atoms with Crippen LogP contribution in [0.4, 0.5) is 0 Å². The molecule has 1 heterocycles. The summed E-state index contributed by atoms with van der Waals surface area (Å²) in [7, 11) is 5.51. The molecule has 1 atom stereocenters. The molecule has 0 radical (unpaired) electrons. The molecule has 1 saturated heterocycles. The van der Waals surface area contributed by atoms with Crippen molar-refractivity contribution in [2.75, 3.05) is 54.0 Å². The molecule has 112 valence electrons. The Balaban J connectivity index is 2.22. The van der Waals surface area contributed by atoms with Crippen LogP contribution >= 0.6 is 0 Å².